The van der Waals surface area contributed by atoms with E-state index in [1.54, 1.807) is 0 Å². The SMILES string of the molecule is CCCc1noc(Cn2cnc(Cl)c(Cl)c2=O)n1. The van der Waals surface area contributed by atoms with Crippen LogP contribution in [0.4, 0.5) is 0 Å². The zero-order valence-electron chi connectivity index (χ0n) is 9.56. The molecule has 6 nitrogen and oxygen atoms in total. The van der Waals surface area contributed by atoms with Crippen LogP contribution in [0, 0.1) is 0 Å². The van der Waals surface area contributed by atoms with Crippen molar-refractivity contribution in [3.05, 3.63) is 38.6 Å². The van der Waals surface area contributed by atoms with Crippen LogP contribution < -0.4 is 5.56 Å². The van der Waals surface area contributed by atoms with E-state index in [0.29, 0.717) is 11.7 Å². The second kappa shape index (κ2) is 5.49. The predicted molar refractivity (Wildman–Crippen MR) is 65.9 cm³/mol. The molecule has 2 heterocycles. The van der Waals surface area contributed by atoms with Crippen molar-refractivity contribution in [2.24, 2.45) is 0 Å². The monoisotopic (exact) mass is 288 g/mol. The van der Waals surface area contributed by atoms with Crippen LogP contribution in [0.5, 0.6) is 0 Å². The second-order valence-electron chi connectivity index (χ2n) is 3.64. The van der Waals surface area contributed by atoms with Gasteiger partial charge in [-0.15, -0.1) is 0 Å². The van der Waals surface area contributed by atoms with Gasteiger partial charge in [0.05, 0.1) is 6.33 Å². The Bertz CT molecular complexity index is 608. The third-order valence-corrected chi connectivity index (χ3v) is 2.95. The van der Waals surface area contributed by atoms with Gasteiger partial charge in [0.15, 0.2) is 11.0 Å². The van der Waals surface area contributed by atoms with Gasteiger partial charge in [-0.2, -0.15) is 4.98 Å². The molecule has 0 fully saturated rings. The second-order valence-corrected chi connectivity index (χ2v) is 4.37. The summed E-state index contributed by atoms with van der Waals surface area (Å²) in [6, 6.07) is 0. The molecule has 8 heteroatoms. The maximum absolute atomic E-state index is 11.7. The maximum Gasteiger partial charge on any atom is 0.274 e. The summed E-state index contributed by atoms with van der Waals surface area (Å²) in [6.45, 7) is 2.14. The molecule has 96 valence electrons. The largest absolute Gasteiger partial charge is 0.337 e. The zero-order chi connectivity index (χ0) is 13.1. The zero-order valence-corrected chi connectivity index (χ0v) is 11.1. The van der Waals surface area contributed by atoms with Gasteiger partial charge in [0.25, 0.3) is 5.56 Å². The normalized spacial score (nSPS) is 10.8. The van der Waals surface area contributed by atoms with E-state index >= 15 is 0 Å². The molecule has 18 heavy (non-hydrogen) atoms. The minimum atomic E-state index is -0.438. The Morgan fingerprint density at radius 2 is 2.22 bits per heavy atom. The van der Waals surface area contributed by atoms with Crippen molar-refractivity contribution >= 4 is 23.2 Å². The van der Waals surface area contributed by atoms with E-state index in [4.69, 9.17) is 27.7 Å². The van der Waals surface area contributed by atoms with E-state index in [0.717, 1.165) is 12.8 Å². The molecule has 0 bridgehead atoms. The Hall–Kier alpha value is -1.40. The van der Waals surface area contributed by atoms with Gasteiger partial charge in [0, 0.05) is 6.42 Å². The van der Waals surface area contributed by atoms with Gasteiger partial charge in [-0.3, -0.25) is 9.36 Å². The van der Waals surface area contributed by atoms with Crippen LogP contribution in [0.3, 0.4) is 0 Å². The fourth-order valence-electron chi connectivity index (χ4n) is 1.38. The van der Waals surface area contributed by atoms with Crippen molar-refractivity contribution in [3.8, 4) is 0 Å². The molecule has 0 aromatic carbocycles. The molecule has 0 aliphatic heterocycles. The van der Waals surface area contributed by atoms with Crippen LogP contribution in [0.15, 0.2) is 15.6 Å². The highest BCUT2D eigenvalue weighted by atomic mass is 35.5. The Morgan fingerprint density at radius 3 is 2.94 bits per heavy atom. The first-order valence-corrected chi connectivity index (χ1v) is 6.09. The van der Waals surface area contributed by atoms with Crippen LogP contribution in [0.2, 0.25) is 10.2 Å². The average Bonchev–Trinajstić information content (AvgIpc) is 2.78. The maximum atomic E-state index is 11.7. The minimum Gasteiger partial charge on any atom is -0.337 e. The summed E-state index contributed by atoms with van der Waals surface area (Å²) in [7, 11) is 0. The summed E-state index contributed by atoms with van der Waals surface area (Å²) < 4.78 is 6.28. The van der Waals surface area contributed by atoms with Crippen LogP contribution in [0.1, 0.15) is 25.1 Å². The van der Waals surface area contributed by atoms with Gasteiger partial charge >= 0.3 is 0 Å². The molecule has 0 spiro atoms. The van der Waals surface area contributed by atoms with Gasteiger partial charge in [0.1, 0.15) is 11.6 Å². The van der Waals surface area contributed by atoms with Crippen molar-refractivity contribution in [3.63, 3.8) is 0 Å². The van der Waals surface area contributed by atoms with Gasteiger partial charge in [-0.25, -0.2) is 4.98 Å². The molecule has 0 amide bonds. The molecule has 0 saturated carbocycles. The van der Waals surface area contributed by atoms with E-state index in [9.17, 15) is 4.79 Å². The number of nitrogens with zero attached hydrogens (tertiary/aromatic N) is 4. The number of rotatable bonds is 4. The highest BCUT2D eigenvalue weighted by Crippen LogP contribution is 2.13. The number of hydrogen-bond acceptors (Lipinski definition) is 5. The Labute approximate surface area is 113 Å². The summed E-state index contributed by atoms with van der Waals surface area (Å²) in [4.78, 5) is 19.7. The number of hydrogen-bond donors (Lipinski definition) is 0. The molecule has 2 rings (SSSR count). The fourth-order valence-corrected chi connectivity index (χ4v) is 1.66. The lowest BCUT2D eigenvalue weighted by atomic mass is 10.3. The number of aryl methyl sites for hydroxylation is 1. The number of halogens is 2. The third-order valence-electron chi connectivity index (χ3n) is 2.23. The molecule has 2 aromatic heterocycles. The van der Waals surface area contributed by atoms with E-state index in [1.807, 2.05) is 6.92 Å². The summed E-state index contributed by atoms with van der Waals surface area (Å²) in [5.41, 5.74) is -0.438. The topological polar surface area (TPSA) is 73.8 Å². The van der Waals surface area contributed by atoms with Gasteiger partial charge in [-0.05, 0) is 6.42 Å². The minimum absolute atomic E-state index is 0.0184. The first-order valence-electron chi connectivity index (χ1n) is 5.33. The van der Waals surface area contributed by atoms with Crippen LogP contribution in [-0.2, 0) is 13.0 Å². The Morgan fingerprint density at radius 1 is 1.44 bits per heavy atom. The molecule has 0 unspecified atom stereocenters. The van der Waals surface area contributed by atoms with Gasteiger partial charge in [0.2, 0.25) is 5.89 Å². The molecule has 0 aliphatic carbocycles. The quantitative estimate of drug-likeness (QED) is 0.804. The lowest BCUT2D eigenvalue weighted by molar-refractivity contribution is 0.364. The first-order chi connectivity index (χ1) is 8.61. The summed E-state index contributed by atoms with van der Waals surface area (Å²) >= 11 is 11.3. The fraction of sp³-hybridized carbons (Fsp3) is 0.400. The molecule has 0 atom stereocenters. The molecular formula is C10H10Cl2N4O2. The van der Waals surface area contributed by atoms with Gasteiger partial charge < -0.3 is 4.52 Å². The van der Waals surface area contributed by atoms with Crippen molar-refractivity contribution in [2.75, 3.05) is 0 Å². The van der Waals surface area contributed by atoms with Crippen LogP contribution >= 0.6 is 23.2 Å². The highest BCUT2D eigenvalue weighted by Gasteiger charge is 2.11. The third kappa shape index (κ3) is 2.70. The van der Waals surface area contributed by atoms with E-state index in [-0.39, 0.29) is 16.7 Å². The highest BCUT2D eigenvalue weighted by molar-refractivity contribution is 6.40. The predicted octanol–water partition coefficient (Wildman–Crippen LogP) is 1.93. The lowest BCUT2D eigenvalue weighted by Gasteiger charge is -2.01. The lowest BCUT2D eigenvalue weighted by Crippen LogP contribution is -2.21. The Kier molecular flexibility index (Phi) is 3.98. The van der Waals surface area contributed by atoms with E-state index < -0.39 is 5.56 Å². The smallest absolute Gasteiger partial charge is 0.274 e. The molecule has 0 saturated heterocycles. The Balaban J connectivity index is 2.23. The average molecular weight is 289 g/mol. The molecule has 0 radical (unpaired) electrons. The summed E-state index contributed by atoms with van der Waals surface area (Å²) in [5, 5.41) is 3.65. The summed E-state index contributed by atoms with van der Waals surface area (Å²) in [6.07, 6.45) is 2.95. The van der Waals surface area contributed by atoms with Gasteiger partial charge in [-0.1, -0.05) is 35.3 Å². The van der Waals surface area contributed by atoms with E-state index in [1.165, 1.54) is 10.9 Å². The molecule has 2 aromatic rings. The molecular weight excluding hydrogens is 279 g/mol. The molecule has 0 aliphatic rings. The van der Waals surface area contributed by atoms with Crippen molar-refractivity contribution in [1.82, 2.24) is 19.7 Å². The van der Waals surface area contributed by atoms with Crippen molar-refractivity contribution in [2.45, 2.75) is 26.3 Å². The van der Waals surface area contributed by atoms with Crippen LogP contribution in [-0.4, -0.2) is 19.7 Å². The number of aromatic nitrogens is 4. The first kappa shape index (κ1) is 13.0. The molecule has 0 N–H and O–H groups in total. The standard InChI is InChI=1S/C10H10Cl2N4O2/c1-2-3-6-14-7(18-15-6)4-16-5-13-9(12)8(11)10(16)17/h5H,2-4H2,1H3. The van der Waals surface area contributed by atoms with E-state index in [2.05, 4.69) is 15.1 Å². The van der Waals surface area contributed by atoms with Crippen LogP contribution in [0.25, 0.3) is 0 Å². The van der Waals surface area contributed by atoms with Crippen molar-refractivity contribution < 1.29 is 4.52 Å². The summed E-state index contributed by atoms with van der Waals surface area (Å²) in [5.74, 6) is 0.953. The van der Waals surface area contributed by atoms with Crippen molar-refractivity contribution in [1.29, 1.82) is 0 Å².